The Morgan fingerprint density at radius 3 is 2.70 bits per heavy atom. The second-order valence-electron chi connectivity index (χ2n) is 6.20. The van der Waals surface area contributed by atoms with Crippen molar-refractivity contribution in [3.05, 3.63) is 90.8 Å². The van der Waals surface area contributed by atoms with Gasteiger partial charge in [-0.05, 0) is 29.8 Å². The van der Waals surface area contributed by atoms with Gasteiger partial charge in [-0.15, -0.1) is 0 Å². The summed E-state index contributed by atoms with van der Waals surface area (Å²) in [6.45, 7) is 0.420. The number of hydrogen-bond donors (Lipinski definition) is 1. The molecule has 0 saturated carbocycles. The van der Waals surface area contributed by atoms with Crippen LogP contribution in [0.5, 0.6) is 0 Å². The van der Waals surface area contributed by atoms with E-state index in [1.807, 2.05) is 89.6 Å². The summed E-state index contributed by atoms with van der Waals surface area (Å²) in [5.41, 5.74) is 4.45. The molecule has 134 valence electrons. The smallest absolute Gasteiger partial charge is 0.250 e. The lowest BCUT2D eigenvalue weighted by Crippen LogP contribution is -2.18. The third kappa shape index (κ3) is 4.22. The fraction of sp³-hybridized carbons (Fsp3) is 0.0909. The Hall–Kier alpha value is -3.44. The van der Waals surface area contributed by atoms with E-state index in [4.69, 9.17) is 4.74 Å². The molecule has 2 heterocycles. The van der Waals surface area contributed by atoms with Gasteiger partial charge in [-0.3, -0.25) is 4.79 Å². The number of imidazole rings is 1. The highest BCUT2D eigenvalue weighted by atomic mass is 16.5. The number of benzene rings is 2. The average Bonchev–Trinajstić information content (AvgIpc) is 3.13. The van der Waals surface area contributed by atoms with Crippen LogP contribution in [0.2, 0.25) is 0 Å². The molecule has 2 aromatic carbocycles. The van der Waals surface area contributed by atoms with Gasteiger partial charge in [0.2, 0.25) is 5.91 Å². The first-order chi connectivity index (χ1) is 13.3. The SMILES string of the molecule is O=C(COCc1ccccc1)Nc1cccc(-c2cn3ccccc3n2)c1. The van der Waals surface area contributed by atoms with Crippen LogP contribution >= 0.6 is 0 Å². The summed E-state index contributed by atoms with van der Waals surface area (Å²) in [4.78, 5) is 16.7. The van der Waals surface area contributed by atoms with Crippen LogP contribution < -0.4 is 5.32 Å². The van der Waals surface area contributed by atoms with Crippen molar-refractivity contribution >= 4 is 17.2 Å². The number of amides is 1. The first-order valence-corrected chi connectivity index (χ1v) is 8.74. The number of anilines is 1. The summed E-state index contributed by atoms with van der Waals surface area (Å²) in [6, 6.07) is 23.3. The molecular weight excluding hydrogens is 338 g/mol. The van der Waals surface area contributed by atoms with Gasteiger partial charge in [-0.2, -0.15) is 0 Å². The van der Waals surface area contributed by atoms with E-state index in [0.29, 0.717) is 6.61 Å². The zero-order valence-electron chi connectivity index (χ0n) is 14.7. The molecule has 0 radical (unpaired) electrons. The molecule has 0 bridgehead atoms. The molecule has 0 atom stereocenters. The minimum atomic E-state index is -0.182. The molecule has 0 saturated heterocycles. The van der Waals surface area contributed by atoms with Crippen LogP contribution in [0.3, 0.4) is 0 Å². The Morgan fingerprint density at radius 2 is 1.85 bits per heavy atom. The molecule has 0 fully saturated rings. The summed E-state index contributed by atoms with van der Waals surface area (Å²) >= 11 is 0. The number of pyridine rings is 1. The molecule has 4 aromatic rings. The predicted octanol–water partition coefficient (Wildman–Crippen LogP) is 4.16. The van der Waals surface area contributed by atoms with Gasteiger partial charge in [-0.25, -0.2) is 4.98 Å². The van der Waals surface area contributed by atoms with Crippen LogP contribution in [0.4, 0.5) is 5.69 Å². The molecule has 5 heteroatoms. The van der Waals surface area contributed by atoms with E-state index in [2.05, 4.69) is 10.3 Å². The topological polar surface area (TPSA) is 55.6 Å². The number of nitrogens with zero attached hydrogens (tertiary/aromatic N) is 2. The van der Waals surface area contributed by atoms with E-state index in [1.165, 1.54) is 0 Å². The highest BCUT2D eigenvalue weighted by Gasteiger charge is 2.07. The maximum atomic E-state index is 12.1. The Morgan fingerprint density at radius 1 is 1.00 bits per heavy atom. The first kappa shape index (κ1) is 17.0. The summed E-state index contributed by atoms with van der Waals surface area (Å²) in [6.07, 6.45) is 3.93. The molecule has 1 amide bonds. The Kier molecular flexibility index (Phi) is 4.94. The molecular formula is C22H19N3O2. The Balaban J connectivity index is 1.39. The van der Waals surface area contributed by atoms with Gasteiger partial charge in [-0.1, -0.05) is 48.5 Å². The van der Waals surface area contributed by atoms with Crippen LogP contribution in [0.25, 0.3) is 16.9 Å². The van der Waals surface area contributed by atoms with Crippen molar-refractivity contribution in [2.75, 3.05) is 11.9 Å². The van der Waals surface area contributed by atoms with Crippen molar-refractivity contribution in [3.8, 4) is 11.3 Å². The normalized spacial score (nSPS) is 10.8. The molecule has 1 N–H and O–H groups in total. The highest BCUT2D eigenvalue weighted by Crippen LogP contribution is 2.22. The molecule has 0 unspecified atom stereocenters. The molecule has 0 aliphatic carbocycles. The Bertz CT molecular complexity index is 1020. The maximum absolute atomic E-state index is 12.1. The summed E-state index contributed by atoms with van der Waals surface area (Å²) < 4.78 is 7.45. The van der Waals surface area contributed by atoms with Gasteiger partial charge in [0.25, 0.3) is 0 Å². The quantitative estimate of drug-likeness (QED) is 0.564. The van der Waals surface area contributed by atoms with Gasteiger partial charge in [0.15, 0.2) is 0 Å². The number of hydrogen-bond acceptors (Lipinski definition) is 3. The van der Waals surface area contributed by atoms with Crippen molar-refractivity contribution in [3.63, 3.8) is 0 Å². The van der Waals surface area contributed by atoms with E-state index in [9.17, 15) is 4.79 Å². The lowest BCUT2D eigenvalue weighted by molar-refractivity contribution is -0.121. The summed E-state index contributed by atoms with van der Waals surface area (Å²) in [7, 11) is 0. The van der Waals surface area contributed by atoms with Crippen molar-refractivity contribution in [2.45, 2.75) is 6.61 Å². The fourth-order valence-electron chi connectivity index (χ4n) is 2.86. The number of carbonyl (C=O) groups is 1. The first-order valence-electron chi connectivity index (χ1n) is 8.74. The Labute approximate surface area is 157 Å². The number of rotatable bonds is 6. The van der Waals surface area contributed by atoms with Crippen molar-refractivity contribution in [1.29, 1.82) is 0 Å². The van der Waals surface area contributed by atoms with Crippen LogP contribution in [0.15, 0.2) is 85.2 Å². The van der Waals surface area contributed by atoms with Crippen molar-refractivity contribution in [1.82, 2.24) is 9.38 Å². The van der Waals surface area contributed by atoms with Gasteiger partial charge in [0, 0.05) is 23.6 Å². The average molecular weight is 357 g/mol. The summed E-state index contributed by atoms with van der Waals surface area (Å²) in [5.74, 6) is -0.182. The molecule has 0 aliphatic rings. The summed E-state index contributed by atoms with van der Waals surface area (Å²) in [5, 5.41) is 2.87. The van der Waals surface area contributed by atoms with Gasteiger partial charge >= 0.3 is 0 Å². The standard InChI is InChI=1S/C22H19N3O2/c26-22(16-27-15-17-7-2-1-3-8-17)23-19-10-6-9-18(13-19)20-14-25-12-5-4-11-21(25)24-20/h1-14H,15-16H2,(H,23,26). The lowest BCUT2D eigenvalue weighted by atomic mass is 10.1. The van der Waals surface area contributed by atoms with Gasteiger partial charge in [0.05, 0.1) is 12.3 Å². The molecule has 2 aromatic heterocycles. The molecule has 0 aliphatic heterocycles. The van der Waals surface area contributed by atoms with Crippen LogP contribution in [-0.4, -0.2) is 21.9 Å². The minimum Gasteiger partial charge on any atom is -0.367 e. The van der Waals surface area contributed by atoms with E-state index in [1.54, 1.807) is 0 Å². The van der Waals surface area contributed by atoms with Gasteiger partial charge < -0.3 is 14.5 Å². The number of carbonyl (C=O) groups excluding carboxylic acids is 1. The van der Waals surface area contributed by atoms with E-state index < -0.39 is 0 Å². The number of ether oxygens (including phenoxy) is 1. The van der Waals surface area contributed by atoms with E-state index in [-0.39, 0.29) is 12.5 Å². The fourth-order valence-corrected chi connectivity index (χ4v) is 2.86. The third-order valence-electron chi connectivity index (χ3n) is 4.15. The predicted molar refractivity (Wildman–Crippen MR) is 105 cm³/mol. The molecule has 4 rings (SSSR count). The largest absolute Gasteiger partial charge is 0.367 e. The molecule has 5 nitrogen and oxygen atoms in total. The van der Waals surface area contributed by atoms with Gasteiger partial charge in [0.1, 0.15) is 12.3 Å². The monoisotopic (exact) mass is 357 g/mol. The minimum absolute atomic E-state index is 0.00743. The van der Waals surface area contributed by atoms with Crippen LogP contribution in [0.1, 0.15) is 5.56 Å². The molecule has 27 heavy (non-hydrogen) atoms. The highest BCUT2D eigenvalue weighted by molar-refractivity contribution is 5.92. The zero-order valence-corrected chi connectivity index (χ0v) is 14.7. The lowest BCUT2D eigenvalue weighted by Gasteiger charge is -2.07. The number of fused-ring (bicyclic) bond motifs is 1. The zero-order chi connectivity index (χ0) is 18.5. The van der Waals surface area contributed by atoms with E-state index >= 15 is 0 Å². The van der Waals surface area contributed by atoms with E-state index in [0.717, 1.165) is 28.2 Å². The second kappa shape index (κ2) is 7.85. The second-order valence-corrected chi connectivity index (χ2v) is 6.20. The number of nitrogens with one attached hydrogen (secondary N) is 1. The maximum Gasteiger partial charge on any atom is 0.250 e. The van der Waals surface area contributed by atoms with Crippen LogP contribution in [-0.2, 0) is 16.1 Å². The third-order valence-corrected chi connectivity index (χ3v) is 4.15. The van der Waals surface area contributed by atoms with Crippen LogP contribution in [0, 0.1) is 0 Å². The van der Waals surface area contributed by atoms with Crippen molar-refractivity contribution < 1.29 is 9.53 Å². The van der Waals surface area contributed by atoms with Crippen molar-refractivity contribution in [2.24, 2.45) is 0 Å². The molecule has 0 spiro atoms. The number of aromatic nitrogens is 2.